The summed E-state index contributed by atoms with van der Waals surface area (Å²) in [6, 6.07) is 5.90. The van der Waals surface area contributed by atoms with Gasteiger partial charge < -0.3 is 19.6 Å². The van der Waals surface area contributed by atoms with E-state index in [-0.39, 0.29) is 11.6 Å². The average Bonchev–Trinajstić information content (AvgIpc) is 3.01. The molecule has 0 radical (unpaired) electrons. The summed E-state index contributed by atoms with van der Waals surface area (Å²) in [7, 11) is 0. The summed E-state index contributed by atoms with van der Waals surface area (Å²) in [4.78, 5) is 33.8. The van der Waals surface area contributed by atoms with Crippen LogP contribution in [0.15, 0.2) is 23.0 Å². The molecule has 2 aliphatic rings. The van der Waals surface area contributed by atoms with Crippen LogP contribution in [-0.2, 0) is 4.74 Å². The summed E-state index contributed by atoms with van der Waals surface area (Å²) in [6.07, 6.45) is 2.18. The van der Waals surface area contributed by atoms with Gasteiger partial charge in [0, 0.05) is 51.0 Å². The van der Waals surface area contributed by atoms with Gasteiger partial charge in [0.05, 0.1) is 11.0 Å². The number of nitrogens with zero attached hydrogens (tertiary/aromatic N) is 2. The third-order valence-electron chi connectivity index (χ3n) is 5.07. The van der Waals surface area contributed by atoms with Crippen LogP contribution in [-0.4, -0.2) is 71.1 Å². The number of hydrogen-bond acceptors (Lipinski definition) is 4. The van der Waals surface area contributed by atoms with Gasteiger partial charge in [-0.1, -0.05) is 0 Å². The number of carbonyl (C=O) groups is 1. The molecular formula is C17H22N4O3. The second kappa shape index (κ2) is 6.41. The van der Waals surface area contributed by atoms with Crippen LogP contribution in [0, 0.1) is 0 Å². The Hall–Kier alpha value is -2.12. The van der Waals surface area contributed by atoms with E-state index < -0.39 is 0 Å². The van der Waals surface area contributed by atoms with Crippen molar-refractivity contribution >= 4 is 16.9 Å². The van der Waals surface area contributed by atoms with Gasteiger partial charge in [0.25, 0.3) is 5.91 Å². The summed E-state index contributed by atoms with van der Waals surface area (Å²) in [6.45, 7) is 5.02. The van der Waals surface area contributed by atoms with Gasteiger partial charge in [0.2, 0.25) is 0 Å². The maximum Gasteiger partial charge on any atom is 0.323 e. The number of imidazole rings is 1. The molecule has 2 aliphatic heterocycles. The van der Waals surface area contributed by atoms with E-state index in [0.717, 1.165) is 57.8 Å². The lowest BCUT2D eigenvalue weighted by Gasteiger charge is -2.40. The monoisotopic (exact) mass is 330 g/mol. The molecule has 1 aromatic carbocycles. The first-order valence-corrected chi connectivity index (χ1v) is 8.54. The van der Waals surface area contributed by atoms with Crippen molar-refractivity contribution in [2.24, 2.45) is 0 Å². The average molecular weight is 330 g/mol. The normalized spacial score (nSPS) is 20.6. The predicted molar refractivity (Wildman–Crippen MR) is 90.2 cm³/mol. The maximum atomic E-state index is 12.7. The summed E-state index contributed by atoms with van der Waals surface area (Å²) < 4.78 is 5.43. The molecule has 0 aliphatic carbocycles. The van der Waals surface area contributed by atoms with Crippen LogP contribution in [0.25, 0.3) is 11.0 Å². The van der Waals surface area contributed by atoms with Gasteiger partial charge >= 0.3 is 5.69 Å². The number of benzene rings is 1. The first kappa shape index (κ1) is 15.4. The van der Waals surface area contributed by atoms with E-state index in [1.807, 2.05) is 4.90 Å². The van der Waals surface area contributed by atoms with Crippen LogP contribution in [0.2, 0.25) is 0 Å². The Morgan fingerprint density at radius 1 is 1.04 bits per heavy atom. The molecule has 0 saturated carbocycles. The molecule has 0 spiro atoms. The third kappa shape index (κ3) is 2.97. The van der Waals surface area contributed by atoms with Crippen LogP contribution < -0.4 is 5.69 Å². The van der Waals surface area contributed by atoms with Crippen molar-refractivity contribution in [1.82, 2.24) is 19.8 Å². The number of carbonyl (C=O) groups excluding carboxylic acids is 1. The van der Waals surface area contributed by atoms with Crippen molar-refractivity contribution in [3.05, 3.63) is 34.2 Å². The Kier molecular flexibility index (Phi) is 4.12. The van der Waals surface area contributed by atoms with Gasteiger partial charge in [0.1, 0.15) is 0 Å². The first-order valence-electron chi connectivity index (χ1n) is 8.54. The molecule has 0 unspecified atom stereocenters. The molecule has 7 heteroatoms. The number of aromatic nitrogens is 2. The third-order valence-corrected chi connectivity index (χ3v) is 5.07. The van der Waals surface area contributed by atoms with Crippen molar-refractivity contribution in [3.8, 4) is 0 Å². The highest BCUT2D eigenvalue weighted by Gasteiger charge is 2.27. The van der Waals surface area contributed by atoms with Gasteiger partial charge in [-0.15, -0.1) is 0 Å². The van der Waals surface area contributed by atoms with Crippen molar-refractivity contribution in [1.29, 1.82) is 0 Å². The number of piperazine rings is 1. The molecular weight excluding hydrogens is 308 g/mol. The van der Waals surface area contributed by atoms with E-state index >= 15 is 0 Å². The Morgan fingerprint density at radius 3 is 2.50 bits per heavy atom. The molecule has 2 fully saturated rings. The summed E-state index contributed by atoms with van der Waals surface area (Å²) >= 11 is 0. The molecule has 7 nitrogen and oxygen atoms in total. The Labute approximate surface area is 139 Å². The fourth-order valence-corrected chi connectivity index (χ4v) is 3.69. The number of fused-ring (bicyclic) bond motifs is 1. The standard InChI is InChI=1S/C17H22N4O3/c22-16(12-1-2-14-15(11-12)19-17(23)18-14)21-7-5-20(6-8-21)13-3-9-24-10-4-13/h1-2,11,13H,3-10H2,(H2,18,19,23). The molecule has 0 bridgehead atoms. The fourth-order valence-electron chi connectivity index (χ4n) is 3.69. The molecule has 3 heterocycles. The van der Waals surface area contributed by atoms with Crippen molar-refractivity contribution in [3.63, 3.8) is 0 Å². The smallest absolute Gasteiger partial charge is 0.323 e. The van der Waals surface area contributed by atoms with Crippen LogP contribution in [0.3, 0.4) is 0 Å². The van der Waals surface area contributed by atoms with E-state index in [2.05, 4.69) is 14.9 Å². The minimum absolute atomic E-state index is 0.0329. The molecule has 4 rings (SSSR count). The molecule has 2 N–H and O–H groups in total. The van der Waals surface area contributed by atoms with Crippen LogP contribution in [0.4, 0.5) is 0 Å². The van der Waals surface area contributed by atoms with E-state index in [1.165, 1.54) is 0 Å². The Balaban J connectivity index is 1.42. The lowest BCUT2D eigenvalue weighted by Crippen LogP contribution is -2.53. The summed E-state index contributed by atoms with van der Waals surface area (Å²) in [5, 5.41) is 0. The van der Waals surface area contributed by atoms with Crippen LogP contribution >= 0.6 is 0 Å². The molecule has 0 atom stereocenters. The molecule has 24 heavy (non-hydrogen) atoms. The van der Waals surface area contributed by atoms with Crippen molar-refractivity contribution < 1.29 is 9.53 Å². The number of H-pyrrole nitrogens is 2. The summed E-state index contributed by atoms with van der Waals surface area (Å²) in [5.41, 5.74) is 1.77. The lowest BCUT2D eigenvalue weighted by molar-refractivity contribution is 0.0137. The van der Waals surface area contributed by atoms with Gasteiger partial charge in [-0.3, -0.25) is 9.69 Å². The fraction of sp³-hybridized carbons (Fsp3) is 0.529. The molecule has 1 aromatic heterocycles. The zero-order valence-electron chi connectivity index (χ0n) is 13.6. The number of ether oxygens (including phenoxy) is 1. The second-order valence-electron chi connectivity index (χ2n) is 6.51. The molecule has 1 amide bonds. The topological polar surface area (TPSA) is 81.4 Å². The van der Waals surface area contributed by atoms with Crippen molar-refractivity contribution in [2.45, 2.75) is 18.9 Å². The number of amides is 1. The predicted octanol–water partition coefficient (Wildman–Crippen LogP) is 0.793. The lowest BCUT2D eigenvalue weighted by atomic mass is 10.1. The van der Waals surface area contributed by atoms with Crippen LogP contribution in [0.1, 0.15) is 23.2 Å². The highest BCUT2D eigenvalue weighted by molar-refractivity contribution is 5.97. The van der Waals surface area contributed by atoms with Gasteiger partial charge in [-0.05, 0) is 31.0 Å². The number of nitrogens with one attached hydrogen (secondary N) is 2. The first-order chi connectivity index (χ1) is 11.7. The minimum Gasteiger partial charge on any atom is -0.381 e. The van der Waals surface area contributed by atoms with Gasteiger partial charge in [-0.2, -0.15) is 0 Å². The highest BCUT2D eigenvalue weighted by Crippen LogP contribution is 2.18. The van der Waals surface area contributed by atoms with Crippen LogP contribution in [0.5, 0.6) is 0 Å². The Morgan fingerprint density at radius 2 is 1.75 bits per heavy atom. The molecule has 2 aromatic rings. The van der Waals surface area contributed by atoms with E-state index in [4.69, 9.17) is 4.74 Å². The zero-order chi connectivity index (χ0) is 16.5. The van der Waals surface area contributed by atoms with Crippen molar-refractivity contribution in [2.75, 3.05) is 39.4 Å². The quantitative estimate of drug-likeness (QED) is 0.853. The SMILES string of the molecule is O=C(c1ccc2[nH]c(=O)[nH]c2c1)N1CCN(C2CCOCC2)CC1. The maximum absolute atomic E-state index is 12.7. The van der Waals surface area contributed by atoms with Gasteiger partial charge in [0.15, 0.2) is 0 Å². The minimum atomic E-state index is -0.250. The van der Waals surface area contributed by atoms with E-state index in [1.54, 1.807) is 18.2 Å². The zero-order valence-corrected chi connectivity index (χ0v) is 13.6. The number of aromatic amines is 2. The number of hydrogen-bond donors (Lipinski definition) is 2. The number of rotatable bonds is 2. The largest absolute Gasteiger partial charge is 0.381 e. The highest BCUT2D eigenvalue weighted by atomic mass is 16.5. The molecule has 2 saturated heterocycles. The van der Waals surface area contributed by atoms with Gasteiger partial charge in [-0.25, -0.2) is 4.79 Å². The van der Waals surface area contributed by atoms with E-state index in [9.17, 15) is 9.59 Å². The Bertz CT molecular complexity index is 782. The van der Waals surface area contributed by atoms with E-state index in [0.29, 0.717) is 17.1 Å². The second-order valence-corrected chi connectivity index (χ2v) is 6.51. The molecule has 128 valence electrons. The summed E-state index contributed by atoms with van der Waals surface area (Å²) in [5.74, 6) is 0.0329.